The van der Waals surface area contributed by atoms with E-state index in [1.165, 1.54) is 16.3 Å². The molecular weight excluding hydrogens is 382 g/mol. The Labute approximate surface area is 175 Å². The van der Waals surface area contributed by atoms with Crippen molar-refractivity contribution >= 4 is 28.2 Å². The summed E-state index contributed by atoms with van der Waals surface area (Å²) in [4.78, 5) is 0. The van der Waals surface area contributed by atoms with Gasteiger partial charge in [0.1, 0.15) is 17.3 Å². The SMILES string of the molecule is COc1ccc(Cl)cc1-n1nc(-c2ccc3ccccc3c2)c2c1NCCCC2. The average molecular weight is 404 g/mol. The number of benzene rings is 3. The number of aromatic nitrogens is 2. The van der Waals surface area contributed by atoms with E-state index >= 15 is 0 Å². The molecule has 2 heterocycles. The zero-order valence-corrected chi connectivity index (χ0v) is 17.0. The van der Waals surface area contributed by atoms with Gasteiger partial charge in [-0.25, -0.2) is 4.68 Å². The quantitative estimate of drug-likeness (QED) is 0.449. The minimum absolute atomic E-state index is 0.658. The third kappa shape index (κ3) is 3.23. The molecule has 4 aromatic rings. The zero-order chi connectivity index (χ0) is 19.8. The van der Waals surface area contributed by atoms with Gasteiger partial charge in [0, 0.05) is 22.7 Å². The van der Waals surface area contributed by atoms with Crippen LogP contribution in [-0.2, 0) is 6.42 Å². The molecule has 0 amide bonds. The van der Waals surface area contributed by atoms with Crippen molar-refractivity contribution in [3.05, 3.63) is 71.2 Å². The number of ether oxygens (including phenoxy) is 1. The molecule has 146 valence electrons. The molecule has 0 bridgehead atoms. The van der Waals surface area contributed by atoms with Gasteiger partial charge >= 0.3 is 0 Å². The summed E-state index contributed by atoms with van der Waals surface area (Å²) in [6.45, 7) is 0.929. The molecule has 0 unspecified atom stereocenters. The minimum Gasteiger partial charge on any atom is -0.494 e. The molecular formula is C24H22ClN3O. The van der Waals surface area contributed by atoms with Gasteiger partial charge in [-0.05, 0) is 54.3 Å². The lowest BCUT2D eigenvalue weighted by Gasteiger charge is -2.13. The van der Waals surface area contributed by atoms with Gasteiger partial charge < -0.3 is 10.1 Å². The molecule has 0 spiro atoms. The molecule has 0 radical (unpaired) electrons. The summed E-state index contributed by atoms with van der Waals surface area (Å²) in [6.07, 6.45) is 3.27. The minimum atomic E-state index is 0.658. The molecule has 0 atom stereocenters. The third-order valence-corrected chi connectivity index (χ3v) is 5.76. The van der Waals surface area contributed by atoms with Gasteiger partial charge in [0.15, 0.2) is 0 Å². The van der Waals surface area contributed by atoms with Crippen LogP contribution in [-0.4, -0.2) is 23.4 Å². The van der Waals surface area contributed by atoms with Crippen LogP contribution in [0.5, 0.6) is 5.75 Å². The molecule has 4 nitrogen and oxygen atoms in total. The van der Waals surface area contributed by atoms with Gasteiger partial charge in [-0.1, -0.05) is 48.0 Å². The van der Waals surface area contributed by atoms with E-state index in [-0.39, 0.29) is 0 Å². The van der Waals surface area contributed by atoms with Crippen LogP contribution in [0.4, 0.5) is 5.82 Å². The lowest BCUT2D eigenvalue weighted by Crippen LogP contribution is -2.08. The first-order valence-electron chi connectivity index (χ1n) is 9.93. The smallest absolute Gasteiger partial charge is 0.144 e. The molecule has 0 fully saturated rings. The molecule has 29 heavy (non-hydrogen) atoms. The molecule has 1 N–H and O–H groups in total. The van der Waals surface area contributed by atoms with E-state index in [9.17, 15) is 0 Å². The average Bonchev–Trinajstić information content (AvgIpc) is 2.94. The number of anilines is 1. The van der Waals surface area contributed by atoms with E-state index in [1.807, 2.05) is 22.9 Å². The van der Waals surface area contributed by atoms with Crippen LogP contribution in [0.2, 0.25) is 5.02 Å². The second-order valence-corrected chi connectivity index (χ2v) is 7.79. The van der Waals surface area contributed by atoms with Crippen LogP contribution in [0, 0.1) is 0 Å². The van der Waals surface area contributed by atoms with Crippen molar-refractivity contribution in [2.24, 2.45) is 0 Å². The van der Waals surface area contributed by atoms with Crippen LogP contribution in [0.25, 0.3) is 27.7 Å². The maximum atomic E-state index is 6.31. The van der Waals surface area contributed by atoms with Crippen molar-refractivity contribution in [1.29, 1.82) is 0 Å². The zero-order valence-electron chi connectivity index (χ0n) is 16.3. The molecule has 0 aliphatic carbocycles. The van der Waals surface area contributed by atoms with Gasteiger partial charge in [-0.2, -0.15) is 5.10 Å². The molecule has 5 heteroatoms. The largest absolute Gasteiger partial charge is 0.494 e. The van der Waals surface area contributed by atoms with Crippen LogP contribution in [0.3, 0.4) is 0 Å². The number of nitrogens with zero attached hydrogens (tertiary/aromatic N) is 2. The number of fused-ring (bicyclic) bond motifs is 2. The number of halogens is 1. The number of nitrogens with one attached hydrogen (secondary N) is 1. The van der Waals surface area contributed by atoms with Gasteiger partial charge in [0.2, 0.25) is 0 Å². The topological polar surface area (TPSA) is 39.1 Å². The van der Waals surface area contributed by atoms with Crippen molar-refractivity contribution in [3.8, 4) is 22.7 Å². The fraction of sp³-hybridized carbons (Fsp3) is 0.208. The first-order chi connectivity index (χ1) is 14.2. The monoisotopic (exact) mass is 403 g/mol. The molecule has 0 saturated carbocycles. The number of methoxy groups -OCH3 is 1. The molecule has 1 aromatic heterocycles. The third-order valence-electron chi connectivity index (χ3n) is 5.52. The van der Waals surface area contributed by atoms with Crippen molar-refractivity contribution in [1.82, 2.24) is 9.78 Å². The predicted octanol–water partition coefficient (Wildman–Crippen LogP) is 6.10. The van der Waals surface area contributed by atoms with E-state index in [4.69, 9.17) is 21.4 Å². The summed E-state index contributed by atoms with van der Waals surface area (Å²) < 4.78 is 7.56. The van der Waals surface area contributed by atoms with Crippen LogP contribution >= 0.6 is 11.6 Å². The summed E-state index contributed by atoms with van der Waals surface area (Å²) in [5.41, 5.74) is 4.24. The normalized spacial score (nSPS) is 13.6. The number of rotatable bonds is 3. The van der Waals surface area contributed by atoms with E-state index in [0.717, 1.165) is 54.3 Å². The van der Waals surface area contributed by atoms with Crippen molar-refractivity contribution in [3.63, 3.8) is 0 Å². The highest BCUT2D eigenvalue weighted by Crippen LogP contribution is 2.37. The fourth-order valence-electron chi connectivity index (χ4n) is 4.07. The fourth-order valence-corrected chi connectivity index (χ4v) is 4.24. The number of hydrogen-bond donors (Lipinski definition) is 1. The predicted molar refractivity (Wildman–Crippen MR) is 119 cm³/mol. The van der Waals surface area contributed by atoms with Gasteiger partial charge in [-0.3, -0.25) is 0 Å². The first-order valence-corrected chi connectivity index (χ1v) is 10.3. The second kappa shape index (κ2) is 7.45. The Hall–Kier alpha value is -2.98. The Morgan fingerprint density at radius 3 is 2.72 bits per heavy atom. The van der Waals surface area contributed by atoms with Gasteiger partial charge in [-0.15, -0.1) is 0 Å². The molecule has 5 rings (SSSR count). The maximum absolute atomic E-state index is 6.31. The summed E-state index contributed by atoms with van der Waals surface area (Å²) in [5.74, 6) is 1.78. The van der Waals surface area contributed by atoms with E-state index < -0.39 is 0 Å². The Kier molecular flexibility index (Phi) is 4.64. The first kappa shape index (κ1) is 18.1. The standard InChI is InChI=1S/C24H22ClN3O/c1-29-22-12-11-19(25)15-21(22)28-24-20(8-4-5-13-26-24)23(27-28)18-10-9-16-6-2-3-7-17(16)14-18/h2-3,6-7,9-12,14-15,26H,4-5,8,13H2,1H3. The van der Waals surface area contributed by atoms with Crippen LogP contribution < -0.4 is 10.1 Å². The summed E-state index contributed by atoms with van der Waals surface area (Å²) in [5, 5.41) is 11.7. The van der Waals surface area contributed by atoms with Crippen LogP contribution in [0.1, 0.15) is 18.4 Å². The van der Waals surface area contributed by atoms with Crippen LogP contribution in [0.15, 0.2) is 60.7 Å². The summed E-state index contributed by atoms with van der Waals surface area (Å²) >= 11 is 6.31. The molecule has 0 saturated heterocycles. The number of hydrogen-bond acceptors (Lipinski definition) is 3. The molecule has 1 aliphatic heterocycles. The summed E-state index contributed by atoms with van der Waals surface area (Å²) in [7, 11) is 1.67. The van der Waals surface area contributed by atoms with Gasteiger partial charge in [0.05, 0.1) is 12.8 Å². The second-order valence-electron chi connectivity index (χ2n) is 7.35. The van der Waals surface area contributed by atoms with Crippen molar-refractivity contribution in [2.45, 2.75) is 19.3 Å². The van der Waals surface area contributed by atoms with E-state index in [1.54, 1.807) is 7.11 Å². The van der Waals surface area contributed by atoms with Crippen molar-refractivity contribution < 1.29 is 4.74 Å². The van der Waals surface area contributed by atoms with Crippen molar-refractivity contribution in [2.75, 3.05) is 19.0 Å². The Morgan fingerprint density at radius 2 is 1.86 bits per heavy atom. The van der Waals surface area contributed by atoms with Gasteiger partial charge in [0.25, 0.3) is 0 Å². The lowest BCUT2D eigenvalue weighted by atomic mass is 10.0. The highest BCUT2D eigenvalue weighted by atomic mass is 35.5. The highest BCUT2D eigenvalue weighted by molar-refractivity contribution is 6.30. The van der Waals surface area contributed by atoms with E-state index in [0.29, 0.717) is 5.02 Å². The Balaban J connectivity index is 1.74. The molecule has 1 aliphatic rings. The Morgan fingerprint density at radius 1 is 1.00 bits per heavy atom. The van der Waals surface area contributed by atoms with E-state index in [2.05, 4.69) is 47.8 Å². The Bertz CT molecular complexity index is 1200. The molecule has 3 aromatic carbocycles. The summed E-state index contributed by atoms with van der Waals surface area (Å²) in [6, 6.07) is 20.6. The highest BCUT2D eigenvalue weighted by Gasteiger charge is 2.23. The lowest BCUT2D eigenvalue weighted by molar-refractivity contribution is 0.412. The maximum Gasteiger partial charge on any atom is 0.144 e.